The van der Waals surface area contributed by atoms with Crippen LogP contribution in [0.2, 0.25) is 5.02 Å². The van der Waals surface area contributed by atoms with Crippen LogP contribution in [0.15, 0.2) is 60.8 Å². The van der Waals surface area contributed by atoms with Crippen molar-refractivity contribution in [3.63, 3.8) is 0 Å². The highest BCUT2D eigenvalue weighted by atomic mass is 35.5. The number of aromatic nitrogens is 1. The number of hydrogen-bond acceptors (Lipinski definition) is 3. The van der Waals surface area contributed by atoms with Crippen LogP contribution in [0.4, 0.5) is 5.69 Å². The Balaban J connectivity index is 1.62. The molecule has 0 aliphatic rings. The Bertz CT molecular complexity index is 935. The van der Waals surface area contributed by atoms with E-state index in [-0.39, 0.29) is 5.91 Å². The number of nitrogens with zero attached hydrogens (tertiary/aromatic N) is 1. The Morgan fingerprint density at radius 1 is 1.14 bits per heavy atom. The fraction of sp³-hybridized carbons (Fsp3) is 0.227. The first-order valence-corrected chi connectivity index (χ1v) is 9.65. The van der Waals surface area contributed by atoms with Gasteiger partial charge in [-0.15, -0.1) is 0 Å². The van der Waals surface area contributed by atoms with Gasteiger partial charge >= 0.3 is 0 Å². The third-order valence-corrected chi connectivity index (χ3v) is 4.79. The molecule has 0 atom stereocenters. The second-order valence-corrected chi connectivity index (χ2v) is 6.82. The predicted molar refractivity (Wildman–Crippen MR) is 113 cm³/mol. The van der Waals surface area contributed by atoms with Crippen molar-refractivity contribution in [2.24, 2.45) is 5.73 Å². The number of carbonyl (C=O) groups excluding carboxylic acids is 1. The molecular formula is C22H24ClN3O2. The number of amides is 1. The van der Waals surface area contributed by atoms with Crippen molar-refractivity contribution >= 4 is 23.2 Å². The molecule has 2 aromatic carbocycles. The van der Waals surface area contributed by atoms with Crippen LogP contribution in [0.1, 0.15) is 28.5 Å². The largest absolute Gasteiger partial charge is 0.492 e. The number of benzene rings is 2. The number of anilines is 1. The molecule has 5 nitrogen and oxygen atoms in total. The highest BCUT2D eigenvalue weighted by Gasteiger charge is 2.12. The van der Waals surface area contributed by atoms with Gasteiger partial charge in [-0.05, 0) is 66.1 Å². The van der Waals surface area contributed by atoms with Gasteiger partial charge in [-0.25, -0.2) is 0 Å². The average Bonchev–Trinajstić information content (AvgIpc) is 3.18. The number of nitrogens with one attached hydrogen (secondary N) is 1. The van der Waals surface area contributed by atoms with Gasteiger partial charge in [0.2, 0.25) is 0 Å². The first-order valence-electron chi connectivity index (χ1n) is 9.27. The van der Waals surface area contributed by atoms with E-state index < -0.39 is 0 Å². The first-order chi connectivity index (χ1) is 13.6. The average molecular weight is 398 g/mol. The van der Waals surface area contributed by atoms with Crippen molar-refractivity contribution in [3.05, 3.63) is 82.6 Å². The maximum atomic E-state index is 12.7. The minimum absolute atomic E-state index is 0.163. The number of halogens is 1. The van der Waals surface area contributed by atoms with Crippen molar-refractivity contribution < 1.29 is 9.53 Å². The van der Waals surface area contributed by atoms with Crippen LogP contribution in [0, 0.1) is 0 Å². The molecule has 0 bridgehead atoms. The van der Waals surface area contributed by atoms with Gasteiger partial charge < -0.3 is 20.4 Å². The van der Waals surface area contributed by atoms with Crippen LogP contribution in [-0.2, 0) is 19.5 Å². The molecule has 1 aromatic heterocycles. The molecule has 0 unspecified atom stereocenters. The van der Waals surface area contributed by atoms with Crippen LogP contribution >= 0.6 is 11.6 Å². The molecule has 146 valence electrons. The zero-order valence-electron chi connectivity index (χ0n) is 15.8. The second kappa shape index (κ2) is 9.44. The molecule has 3 rings (SSSR count). The first kappa shape index (κ1) is 20.0. The molecule has 0 aliphatic carbocycles. The Labute approximate surface area is 170 Å². The molecule has 0 radical (unpaired) electrons. The van der Waals surface area contributed by atoms with E-state index in [0.717, 1.165) is 23.4 Å². The van der Waals surface area contributed by atoms with Crippen LogP contribution in [0.5, 0.6) is 5.75 Å². The highest BCUT2D eigenvalue weighted by molar-refractivity contribution is 6.30. The summed E-state index contributed by atoms with van der Waals surface area (Å²) in [6, 6.07) is 16.7. The molecule has 0 saturated heterocycles. The molecule has 1 heterocycles. The van der Waals surface area contributed by atoms with E-state index in [4.69, 9.17) is 22.1 Å². The number of ether oxygens (including phenoxy) is 1. The molecule has 0 fully saturated rings. The SMILES string of the molecule is CCc1ccc(NC(=O)c2cccn2CCOc2ccc(Cl)cc2)cc1CN. The Kier molecular flexibility index (Phi) is 6.74. The fourth-order valence-corrected chi connectivity index (χ4v) is 3.17. The van der Waals surface area contributed by atoms with E-state index in [1.165, 1.54) is 5.56 Å². The third-order valence-electron chi connectivity index (χ3n) is 4.54. The molecule has 0 spiro atoms. The Hall–Kier alpha value is -2.76. The maximum Gasteiger partial charge on any atom is 0.272 e. The van der Waals surface area contributed by atoms with Gasteiger partial charge in [0, 0.05) is 23.5 Å². The van der Waals surface area contributed by atoms with Gasteiger partial charge in [-0.2, -0.15) is 0 Å². The smallest absolute Gasteiger partial charge is 0.272 e. The maximum absolute atomic E-state index is 12.7. The monoisotopic (exact) mass is 397 g/mol. The topological polar surface area (TPSA) is 69.3 Å². The van der Waals surface area contributed by atoms with Gasteiger partial charge in [-0.1, -0.05) is 24.6 Å². The van der Waals surface area contributed by atoms with Crippen molar-refractivity contribution in [2.75, 3.05) is 11.9 Å². The lowest BCUT2D eigenvalue weighted by Gasteiger charge is -2.13. The van der Waals surface area contributed by atoms with Gasteiger partial charge in [-0.3, -0.25) is 4.79 Å². The number of carbonyl (C=O) groups is 1. The molecular weight excluding hydrogens is 374 g/mol. The van der Waals surface area contributed by atoms with E-state index in [1.54, 1.807) is 18.2 Å². The summed E-state index contributed by atoms with van der Waals surface area (Å²) in [5.41, 5.74) is 9.38. The van der Waals surface area contributed by atoms with Crippen molar-refractivity contribution in [1.82, 2.24) is 4.57 Å². The van der Waals surface area contributed by atoms with Crippen molar-refractivity contribution in [1.29, 1.82) is 0 Å². The van der Waals surface area contributed by atoms with Crippen LogP contribution in [0.3, 0.4) is 0 Å². The lowest BCUT2D eigenvalue weighted by Crippen LogP contribution is -2.19. The quantitative estimate of drug-likeness (QED) is 0.588. The zero-order chi connectivity index (χ0) is 19.9. The van der Waals surface area contributed by atoms with Crippen LogP contribution in [-0.4, -0.2) is 17.1 Å². The van der Waals surface area contributed by atoms with Gasteiger partial charge in [0.15, 0.2) is 0 Å². The summed E-state index contributed by atoms with van der Waals surface area (Å²) in [5, 5.41) is 3.62. The summed E-state index contributed by atoms with van der Waals surface area (Å²) in [7, 11) is 0. The molecule has 0 aliphatic heterocycles. The Morgan fingerprint density at radius 2 is 1.93 bits per heavy atom. The van der Waals surface area contributed by atoms with E-state index in [2.05, 4.69) is 12.2 Å². The number of hydrogen-bond donors (Lipinski definition) is 2. The molecule has 0 saturated carbocycles. The molecule has 3 aromatic rings. The molecule has 6 heteroatoms. The predicted octanol–water partition coefficient (Wildman–Crippen LogP) is 4.49. The van der Waals surface area contributed by atoms with Crippen molar-refractivity contribution in [3.8, 4) is 5.75 Å². The normalized spacial score (nSPS) is 10.7. The highest BCUT2D eigenvalue weighted by Crippen LogP contribution is 2.18. The summed E-state index contributed by atoms with van der Waals surface area (Å²) in [6.07, 6.45) is 2.78. The van der Waals surface area contributed by atoms with Gasteiger partial charge in [0.25, 0.3) is 5.91 Å². The standard InChI is InChI=1S/C22H24ClN3O2/c1-2-16-5-8-19(14-17(16)15-24)25-22(27)21-4-3-11-26(21)12-13-28-20-9-6-18(23)7-10-20/h3-11,14H,2,12-13,15,24H2,1H3,(H,25,27). The van der Waals surface area contributed by atoms with Crippen LogP contribution < -0.4 is 15.8 Å². The van der Waals surface area contributed by atoms with Gasteiger partial charge in [0.05, 0.1) is 6.54 Å². The molecule has 28 heavy (non-hydrogen) atoms. The Morgan fingerprint density at radius 3 is 2.64 bits per heavy atom. The van der Waals surface area contributed by atoms with Gasteiger partial charge in [0.1, 0.15) is 18.1 Å². The minimum atomic E-state index is -0.163. The summed E-state index contributed by atoms with van der Waals surface area (Å²) < 4.78 is 7.59. The van der Waals surface area contributed by atoms with Crippen molar-refractivity contribution in [2.45, 2.75) is 26.4 Å². The number of rotatable bonds is 8. The van der Waals surface area contributed by atoms with E-state index in [1.807, 2.05) is 47.2 Å². The fourth-order valence-electron chi connectivity index (χ4n) is 3.04. The number of aryl methyl sites for hydroxylation is 1. The lowest BCUT2D eigenvalue weighted by molar-refractivity contribution is 0.101. The summed E-state index contributed by atoms with van der Waals surface area (Å²) >= 11 is 5.87. The molecule has 3 N–H and O–H groups in total. The third kappa shape index (κ3) is 4.94. The second-order valence-electron chi connectivity index (χ2n) is 6.38. The van der Waals surface area contributed by atoms with E-state index in [9.17, 15) is 4.79 Å². The summed E-state index contributed by atoms with van der Waals surface area (Å²) in [5.74, 6) is 0.580. The molecule has 1 amide bonds. The van der Waals surface area contributed by atoms with Crippen LogP contribution in [0.25, 0.3) is 0 Å². The van der Waals surface area contributed by atoms with E-state index >= 15 is 0 Å². The zero-order valence-corrected chi connectivity index (χ0v) is 16.6. The lowest BCUT2D eigenvalue weighted by atomic mass is 10.0. The summed E-state index contributed by atoms with van der Waals surface area (Å²) in [6.45, 7) is 3.54. The van der Waals surface area contributed by atoms with E-state index in [0.29, 0.717) is 30.4 Å². The number of nitrogens with two attached hydrogens (primary N) is 1. The summed E-state index contributed by atoms with van der Waals surface area (Å²) in [4.78, 5) is 12.7. The minimum Gasteiger partial charge on any atom is -0.492 e.